The second-order valence-electron chi connectivity index (χ2n) is 6.86. The van der Waals surface area contributed by atoms with Gasteiger partial charge >= 0.3 is 6.01 Å². The van der Waals surface area contributed by atoms with Crippen LogP contribution in [0.25, 0.3) is 10.9 Å². The van der Waals surface area contributed by atoms with Crippen molar-refractivity contribution in [3.8, 4) is 17.5 Å². The molecule has 0 amide bonds. The summed E-state index contributed by atoms with van der Waals surface area (Å²) in [5, 5.41) is 8.32. The number of nitrogens with one attached hydrogen (secondary N) is 1. The number of likely N-dealkylation sites (N-methyl/N-ethyl adjacent to an activating group) is 1. The normalized spacial score (nSPS) is 11.1. The minimum Gasteiger partial charge on any atom is -0.489 e. The first-order chi connectivity index (χ1) is 14.6. The molecule has 10 nitrogen and oxygen atoms in total. The van der Waals surface area contributed by atoms with Crippen LogP contribution >= 0.6 is 0 Å². The van der Waals surface area contributed by atoms with Crippen molar-refractivity contribution in [2.24, 2.45) is 7.05 Å². The molecule has 0 radical (unpaired) electrons. The van der Waals surface area contributed by atoms with Crippen molar-refractivity contribution in [2.45, 2.75) is 0 Å². The fourth-order valence-electron chi connectivity index (χ4n) is 2.68. The molecule has 154 valence electrons. The van der Waals surface area contributed by atoms with Crippen LogP contribution in [0.2, 0.25) is 0 Å². The Kier molecular flexibility index (Phi) is 5.66. The lowest BCUT2D eigenvalue weighted by molar-refractivity contribution is 0.259. The Morgan fingerprint density at radius 1 is 1.03 bits per heavy atom. The van der Waals surface area contributed by atoms with Crippen molar-refractivity contribution in [3.05, 3.63) is 49.2 Å². The zero-order chi connectivity index (χ0) is 20.9. The molecule has 0 saturated carbocycles. The molecule has 0 unspecified atom stereocenters. The van der Waals surface area contributed by atoms with E-state index in [2.05, 4.69) is 30.4 Å². The maximum Gasteiger partial charge on any atom is 0.322 e. The highest BCUT2D eigenvalue weighted by atomic mass is 16.5. The number of aryl methyl sites for hydroxylation is 1. The van der Waals surface area contributed by atoms with E-state index in [0.29, 0.717) is 29.7 Å². The third-order valence-electron chi connectivity index (χ3n) is 4.19. The number of anilines is 2. The first-order valence-electron chi connectivity index (χ1n) is 9.36. The molecule has 4 rings (SSSR count). The molecular weight excluding hydrogens is 384 g/mol. The van der Waals surface area contributed by atoms with E-state index in [1.165, 1.54) is 6.33 Å². The molecule has 0 fully saturated rings. The number of nitrogens with zero attached hydrogens (tertiary/aromatic N) is 7. The Hall–Kier alpha value is -3.79. The second kappa shape index (κ2) is 8.70. The zero-order valence-corrected chi connectivity index (χ0v) is 17.0. The van der Waals surface area contributed by atoms with E-state index < -0.39 is 0 Å². The van der Waals surface area contributed by atoms with Gasteiger partial charge in [0.05, 0.1) is 17.9 Å². The lowest BCUT2D eigenvalue weighted by Gasteiger charge is -2.11. The van der Waals surface area contributed by atoms with Gasteiger partial charge in [0.1, 0.15) is 24.5 Å². The van der Waals surface area contributed by atoms with E-state index >= 15 is 0 Å². The molecule has 10 heteroatoms. The summed E-state index contributed by atoms with van der Waals surface area (Å²) in [7, 11) is 5.83. The van der Waals surface area contributed by atoms with Crippen LogP contribution in [-0.4, -0.2) is 61.9 Å². The van der Waals surface area contributed by atoms with Crippen molar-refractivity contribution >= 4 is 22.5 Å². The van der Waals surface area contributed by atoms with Gasteiger partial charge in [-0.25, -0.2) is 9.97 Å². The summed E-state index contributed by atoms with van der Waals surface area (Å²) >= 11 is 0. The van der Waals surface area contributed by atoms with E-state index in [1.807, 2.05) is 56.5 Å². The van der Waals surface area contributed by atoms with Gasteiger partial charge in [-0.05, 0) is 32.3 Å². The Morgan fingerprint density at radius 2 is 1.87 bits per heavy atom. The molecule has 0 spiro atoms. The van der Waals surface area contributed by atoms with Crippen LogP contribution in [0.4, 0.5) is 11.6 Å². The summed E-state index contributed by atoms with van der Waals surface area (Å²) in [6, 6.07) is 7.60. The molecular formula is C20H22N8O2. The van der Waals surface area contributed by atoms with Crippen molar-refractivity contribution in [1.82, 2.24) is 34.6 Å². The molecule has 0 aliphatic heterocycles. The zero-order valence-electron chi connectivity index (χ0n) is 17.0. The van der Waals surface area contributed by atoms with Gasteiger partial charge in [-0.15, -0.1) is 0 Å². The van der Waals surface area contributed by atoms with Gasteiger partial charge in [0.2, 0.25) is 0 Å². The summed E-state index contributed by atoms with van der Waals surface area (Å²) in [5.41, 5.74) is 0.779. The van der Waals surface area contributed by atoms with E-state index in [9.17, 15) is 0 Å². The highest BCUT2D eigenvalue weighted by Crippen LogP contribution is 2.28. The van der Waals surface area contributed by atoms with Gasteiger partial charge in [-0.3, -0.25) is 4.68 Å². The first-order valence-corrected chi connectivity index (χ1v) is 9.36. The molecule has 0 saturated heterocycles. The predicted octanol–water partition coefficient (Wildman–Crippen LogP) is 2.63. The van der Waals surface area contributed by atoms with Crippen molar-refractivity contribution in [1.29, 1.82) is 0 Å². The van der Waals surface area contributed by atoms with Gasteiger partial charge in [-0.1, -0.05) is 0 Å². The highest BCUT2D eigenvalue weighted by molar-refractivity contribution is 5.91. The maximum absolute atomic E-state index is 5.80. The van der Waals surface area contributed by atoms with E-state index in [0.717, 1.165) is 17.4 Å². The first kappa shape index (κ1) is 19.5. The van der Waals surface area contributed by atoms with E-state index in [4.69, 9.17) is 9.47 Å². The van der Waals surface area contributed by atoms with Crippen molar-refractivity contribution in [3.63, 3.8) is 0 Å². The van der Waals surface area contributed by atoms with E-state index in [-0.39, 0.29) is 6.01 Å². The molecule has 0 atom stereocenters. The Labute approximate surface area is 173 Å². The Balaban J connectivity index is 1.50. The number of rotatable bonds is 8. The van der Waals surface area contributed by atoms with Gasteiger partial charge in [0, 0.05) is 31.2 Å². The topological polar surface area (TPSA) is 103 Å². The largest absolute Gasteiger partial charge is 0.489 e. The summed E-state index contributed by atoms with van der Waals surface area (Å²) in [4.78, 5) is 19.1. The predicted molar refractivity (Wildman–Crippen MR) is 112 cm³/mol. The van der Waals surface area contributed by atoms with Crippen molar-refractivity contribution < 1.29 is 9.47 Å². The van der Waals surface area contributed by atoms with Crippen molar-refractivity contribution in [2.75, 3.05) is 32.6 Å². The molecule has 0 aliphatic carbocycles. The van der Waals surface area contributed by atoms with Crippen LogP contribution in [0.3, 0.4) is 0 Å². The monoisotopic (exact) mass is 406 g/mol. The minimum atomic E-state index is 0.227. The third kappa shape index (κ3) is 4.78. The molecule has 3 aromatic heterocycles. The number of ether oxygens (including phenoxy) is 2. The van der Waals surface area contributed by atoms with Gasteiger partial charge in [0.15, 0.2) is 11.6 Å². The smallest absolute Gasteiger partial charge is 0.322 e. The fraction of sp³-hybridized carbons (Fsp3) is 0.250. The molecule has 30 heavy (non-hydrogen) atoms. The number of hydrogen-bond acceptors (Lipinski definition) is 9. The van der Waals surface area contributed by atoms with Crippen LogP contribution in [-0.2, 0) is 7.05 Å². The molecule has 3 heterocycles. The highest BCUT2D eigenvalue weighted by Gasteiger charge is 2.09. The average Bonchev–Trinajstić information content (AvgIpc) is 3.14. The SMILES string of the molecule is CN(C)CCOc1cnc(Oc2ccc3ncnc(Nc4ccn(C)n4)c3c2)nc1. The van der Waals surface area contributed by atoms with Crippen LogP contribution in [0, 0.1) is 0 Å². The second-order valence-corrected chi connectivity index (χ2v) is 6.86. The number of benzene rings is 1. The Bertz CT molecular complexity index is 1130. The lowest BCUT2D eigenvalue weighted by Crippen LogP contribution is -2.19. The van der Waals surface area contributed by atoms with Crippen LogP contribution in [0.1, 0.15) is 0 Å². The van der Waals surface area contributed by atoms with Gasteiger partial charge in [0.25, 0.3) is 0 Å². The Morgan fingerprint density at radius 3 is 2.60 bits per heavy atom. The number of fused-ring (bicyclic) bond motifs is 1. The maximum atomic E-state index is 5.80. The van der Waals surface area contributed by atoms with Crippen LogP contribution < -0.4 is 14.8 Å². The fourth-order valence-corrected chi connectivity index (χ4v) is 2.68. The van der Waals surface area contributed by atoms with E-state index in [1.54, 1.807) is 17.1 Å². The summed E-state index contributed by atoms with van der Waals surface area (Å²) in [6.07, 6.45) is 6.55. The van der Waals surface area contributed by atoms with Gasteiger partial charge in [-0.2, -0.15) is 15.1 Å². The quantitative estimate of drug-likeness (QED) is 0.473. The third-order valence-corrected chi connectivity index (χ3v) is 4.19. The lowest BCUT2D eigenvalue weighted by atomic mass is 10.2. The molecule has 0 aliphatic rings. The van der Waals surface area contributed by atoms with Crippen LogP contribution in [0.15, 0.2) is 49.2 Å². The number of hydrogen-bond donors (Lipinski definition) is 1. The average molecular weight is 406 g/mol. The van der Waals surface area contributed by atoms with Gasteiger partial charge < -0.3 is 19.7 Å². The summed E-state index contributed by atoms with van der Waals surface area (Å²) in [6.45, 7) is 1.37. The minimum absolute atomic E-state index is 0.227. The molecule has 4 aromatic rings. The number of aromatic nitrogens is 6. The molecule has 0 bridgehead atoms. The van der Waals surface area contributed by atoms with Crippen LogP contribution in [0.5, 0.6) is 17.5 Å². The summed E-state index contributed by atoms with van der Waals surface area (Å²) in [5.74, 6) is 2.49. The molecule has 1 N–H and O–H groups in total. The summed E-state index contributed by atoms with van der Waals surface area (Å²) < 4.78 is 13.1. The molecule has 1 aromatic carbocycles. The standard InChI is InChI=1S/C20H22N8O2/c1-27(2)8-9-29-15-11-21-20(22-12-15)30-14-4-5-17-16(10-14)19(24-13-23-17)25-18-6-7-28(3)26-18/h4-7,10-13H,8-9H2,1-3H3,(H,23,24,25,26).